The maximum absolute atomic E-state index is 12.9. The van der Waals surface area contributed by atoms with Crippen LogP contribution in [0.5, 0.6) is 0 Å². The summed E-state index contributed by atoms with van der Waals surface area (Å²) in [7, 11) is 0. The molecule has 2 aliphatic heterocycles. The van der Waals surface area contributed by atoms with Crippen molar-refractivity contribution in [2.45, 2.75) is 25.4 Å². The third-order valence-corrected chi connectivity index (χ3v) is 5.14. The average Bonchev–Trinajstić information content (AvgIpc) is 3.33. The van der Waals surface area contributed by atoms with Crippen molar-refractivity contribution in [3.8, 4) is 0 Å². The van der Waals surface area contributed by atoms with Crippen LogP contribution in [0.2, 0.25) is 0 Å². The Balaban J connectivity index is 1.41. The van der Waals surface area contributed by atoms with Crippen LogP contribution in [0.1, 0.15) is 28.8 Å². The van der Waals surface area contributed by atoms with E-state index in [4.69, 9.17) is 0 Å². The molecule has 2 saturated heterocycles. The van der Waals surface area contributed by atoms with E-state index in [-0.39, 0.29) is 18.0 Å². The molecular formula is C19H23N5O2. The van der Waals surface area contributed by atoms with Gasteiger partial charge in [0.2, 0.25) is 0 Å². The molecule has 4 rings (SSSR count). The normalized spacial score (nSPS) is 20.3. The Labute approximate surface area is 152 Å². The summed E-state index contributed by atoms with van der Waals surface area (Å²) in [6, 6.07) is 7.87. The van der Waals surface area contributed by atoms with Gasteiger partial charge >= 0.3 is 6.03 Å². The van der Waals surface area contributed by atoms with E-state index in [1.165, 1.54) is 0 Å². The number of carbonyl (C=O) groups is 2. The van der Waals surface area contributed by atoms with Crippen LogP contribution in [0.3, 0.4) is 0 Å². The van der Waals surface area contributed by atoms with E-state index in [9.17, 15) is 9.59 Å². The van der Waals surface area contributed by atoms with Crippen LogP contribution in [-0.4, -0.2) is 63.5 Å². The first-order valence-corrected chi connectivity index (χ1v) is 9.09. The molecule has 1 unspecified atom stereocenters. The zero-order chi connectivity index (χ0) is 17.9. The number of imidazole rings is 1. The van der Waals surface area contributed by atoms with Gasteiger partial charge in [0, 0.05) is 50.7 Å². The quantitative estimate of drug-likeness (QED) is 0.907. The molecule has 7 heteroatoms. The van der Waals surface area contributed by atoms with E-state index in [1.807, 2.05) is 44.8 Å². The zero-order valence-corrected chi connectivity index (χ0v) is 14.7. The van der Waals surface area contributed by atoms with E-state index in [0.29, 0.717) is 18.7 Å². The van der Waals surface area contributed by atoms with Gasteiger partial charge in [-0.25, -0.2) is 9.78 Å². The summed E-state index contributed by atoms with van der Waals surface area (Å²) >= 11 is 0. The number of hydrogen-bond donors (Lipinski definition) is 1. The maximum Gasteiger partial charge on any atom is 0.317 e. The van der Waals surface area contributed by atoms with E-state index >= 15 is 0 Å². The van der Waals surface area contributed by atoms with Gasteiger partial charge in [0.15, 0.2) is 0 Å². The number of nitrogens with one attached hydrogen (secondary N) is 1. The minimum absolute atomic E-state index is 0.00634. The second-order valence-electron chi connectivity index (χ2n) is 6.90. The summed E-state index contributed by atoms with van der Waals surface area (Å²) in [5.41, 5.74) is 1.83. The number of likely N-dealkylation sites (tertiary alicyclic amines) is 1. The molecular weight excluding hydrogens is 330 g/mol. The Morgan fingerprint density at radius 2 is 2.08 bits per heavy atom. The van der Waals surface area contributed by atoms with Gasteiger partial charge in [-0.3, -0.25) is 4.79 Å². The Hall–Kier alpha value is -2.83. The lowest BCUT2D eigenvalue weighted by atomic mass is 10.0. The highest BCUT2D eigenvalue weighted by Crippen LogP contribution is 2.20. The lowest BCUT2D eigenvalue weighted by Crippen LogP contribution is -2.50. The SMILES string of the molecule is O=C(c1ccc(Cn2ccnc2)cc1)N1CCCC(N2CCNC2=O)C1. The molecule has 26 heavy (non-hydrogen) atoms. The fourth-order valence-corrected chi connectivity index (χ4v) is 3.75. The molecule has 7 nitrogen and oxygen atoms in total. The van der Waals surface area contributed by atoms with Gasteiger partial charge in [-0.2, -0.15) is 0 Å². The average molecular weight is 353 g/mol. The van der Waals surface area contributed by atoms with Crippen LogP contribution >= 0.6 is 0 Å². The number of piperidine rings is 1. The Morgan fingerprint density at radius 1 is 1.23 bits per heavy atom. The number of rotatable bonds is 4. The van der Waals surface area contributed by atoms with E-state index in [0.717, 1.165) is 38.0 Å². The van der Waals surface area contributed by atoms with Crippen LogP contribution in [-0.2, 0) is 6.54 Å². The number of carbonyl (C=O) groups excluding carboxylic acids is 2. The van der Waals surface area contributed by atoms with Crippen molar-refractivity contribution in [2.24, 2.45) is 0 Å². The first kappa shape index (κ1) is 16.6. The molecule has 1 atom stereocenters. The maximum atomic E-state index is 12.9. The number of benzene rings is 1. The highest BCUT2D eigenvalue weighted by molar-refractivity contribution is 5.94. The lowest BCUT2D eigenvalue weighted by molar-refractivity contribution is 0.0634. The van der Waals surface area contributed by atoms with Crippen LogP contribution in [0.15, 0.2) is 43.0 Å². The predicted octanol–water partition coefficient (Wildman–Crippen LogP) is 1.56. The van der Waals surface area contributed by atoms with Crippen molar-refractivity contribution >= 4 is 11.9 Å². The third kappa shape index (κ3) is 3.42. The Kier molecular flexibility index (Phi) is 4.60. The van der Waals surface area contributed by atoms with Gasteiger partial charge in [-0.15, -0.1) is 0 Å². The number of amides is 3. The first-order chi connectivity index (χ1) is 12.7. The Morgan fingerprint density at radius 3 is 2.77 bits per heavy atom. The number of nitrogens with zero attached hydrogens (tertiary/aromatic N) is 4. The van der Waals surface area contributed by atoms with Crippen molar-refractivity contribution in [1.29, 1.82) is 0 Å². The smallest absolute Gasteiger partial charge is 0.317 e. The van der Waals surface area contributed by atoms with Crippen LogP contribution in [0.25, 0.3) is 0 Å². The van der Waals surface area contributed by atoms with Gasteiger partial charge in [-0.05, 0) is 30.5 Å². The summed E-state index contributed by atoms with van der Waals surface area (Å²) in [4.78, 5) is 32.5. The minimum Gasteiger partial charge on any atom is -0.337 e. The van der Waals surface area contributed by atoms with Gasteiger partial charge in [0.1, 0.15) is 0 Å². The molecule has 3 amide bonds. The monoisotopic (exact) mass is 353 g/mol. The standard InChI is InChI=1S/C19H23N5O2/c25-18(16-5-3-15(4-6-16)12-22-10-7-20-14-22)23-9-1-2-17(13-23)24-11-8-21-19(24)26/h3-7,10,14,17H,1-2,8-9,11-13H2,(H,21,26). The molecule has 2 aliphatic rings. The molecule has 0 bridgehead atoms. The topological polar surface area (TPSA) is 70.5 Å². The molecule has 0 radical (unpaired) electrons. The summed E-state index contributed by atoms with van der Waals surface area (Å²) in [6.45, 7) is 3.53. The molecule has 0 spiro atoms. The summed E-state index contributed by atoms with van der Waals surface area (Å²) in [5.74, 6) is 0.0449. The van der Waals surface area contributed by atoms with E-state index in [2.05, 4.69) is 10.3 Å². The molecule has 2 aromatic rings. The summed E-state index contributed by atoms with van der Waals surface area (Å²) in [5, 5.41) is 2.84. The second kappa shape index (κ2) is 7.19. The van der Waals surface area contributed by atoms with Gasteiger partial charge < -0.3 is 19.7 Å². The number of urea groups is 1. The molecule has 0 aliphatic carbocycles. The van der Waals surface area contributed by atoms with E-state index in [1.54, 1.807) is 12.5 Å². The molecule has 136 valence electrons. The zero-order valence-electron chi connectivity index (χ0n) is 14.7. The third-order valence-electron chi connectivity index (χ3n) is 5.14. The van der Waals surface area contributed by atoms with Gasteiger partial charge in [0.25, 0.3) is 5.91 Å². The highest BCUT2D eigenvalue weighted by atomic mass is 16.2. The van der Waals surface area contributed by atoms with Gasteiger partial charge in [-0.1, -0.05) is 12.1 Å². The molecule has 3 heterocycles. The Bertz CT molecular complexity index is 772. The van der Waals surface area contributed by atoms with Crippen molar-refractivity contribution in [2.75, 3.05) is 26.2 Å². The fourth-order valence-electron chi connectivity index (χ4n) is 3.75. The number of hydrogen-bond acceptors (Lipinski definition) is 3. The van der Waals surface area contributed by atoms with Crippen molar-refractivity contribution in [3.05, 3.63) is 54.1 Å². The van der Waals surface area contributed by atoms with Gasteiger partial charge in [0.05, 0.1) is 12.4 Å². The molecule has 1 aromatic carbocycles. The summed E-state index contributed by atoms with van der Waals surface area (Å²) < 4.78 is 1.99. The van der Waals surface area contributed by atoms with E-state index < -0.39 is 0 Å². The molecule has 1 aromatic heterocycles. The van der Waals surface area contributed by atoms with Crippen molar-refractivity contribution in [3.63, 3.8) is 0 Å². The lowest BCUT2D eigenvalue weighted by Gasteiger charge is -2.37. The van der Waals surface area contributed by atoms with Crippen LogP contribution < -0.4 is 5.32 Å². The van der Waals surface area contributed by atoms with Crippen molar-refractivity contribution in [1.82, 2.24) is 24.7 Å². The van der Waals surface area contributed by atoms with Crippen LogP contribution in [0, 0.1) is 0 Å². The van der Waals surface area contributed by atoms with Crippen molar-refractivity contribution < 1.29 is 9.59 Å². The highest BCUT2D eigenvalue weighted by Gasteiger charge is 2.32. The summed E-state index contributed by atoms with van der Waals surface area (Å²) in [6.07, 6.45) is 7.34. The predicted molar refractivity (Wildman–Crippen MR) is 96.8 cm³/mol. The molecule has 1 N–H and O–H groups in total. The minimum atomic E-state index is -0.00634. The molecule has 2 fully saturated rings. The largest absolute Gasteiger partial charge is 0.337 e. The fraction of sp³-hybridized carbons (Fsp3) is 0.421. The van der Waals surface area contributed by atoms with Crippen LogP contribution in [0.4, 0.5) is 4.79 Å². The number of aromatic nitrogens is 2. The molecule has 0 saturated carbocycles. The first-order valence-electron chi connectivity index (χ1n) is 9.09. The second-order valence-corrected chi connectivity index (χ2v) is 6.90.